The summed E-state index contributed by atoms with van der Waals surface area (Å²) in [5, 5.41) is 3.63. The van der Waals surface area contributed by atoms with E-state index in [1.165, 1.54) is 35.4 Å². The van der Waals surface area contributed by atoms with E-state index < -0.39 is 41.9 Å². The number of ether oxygens (including phenoxy) is 3. The molecule has 15 heteroatoms. The molecule has 308 valence electrons. The molecule has 0 saturated heterocycles. The first kappa shape index (κ1) is 44.2. The van der Waals surface area contributed by atoms with Crippen LogP contribution in [0.15, 0.2) is 66.9 Å². The lowest BCUT2D eigenvalue weighted by Crippen LogP contribution is -2.40. The highest BCUT2D eigenvalue weighted by atomic mass is 19.4. The minimum absolute atomic E-state index is 0.000795. The number of carbonyl (C=O) groups is 3. The predicted molar refractivity (Wildman–Crippen MR) is 209 cm³/mol. The largest absolute Gasteiger partial charge is 0.476 e. The highest BCUT2D eigenvalue weighted by Crippen LogP contribution is 2.40. The van der Waals surface area contributed by atoms with Crippen LogP contribution in [0.5, 0.6) is 5.88 Å². The van der Waals surface area contributed by atoms with Gasteiger partial charge < -0.3 is 24.0 Å². The van der Waals surface area contributed by atoms with Gasteiger partial charge in [-0.1, -0.05) is 36.4 Å². The number of halogens is 4. The van der Waals surface area contributed by atoms with E-state index in [0.29, 0.717) is 19.5 Å². The van der Waals surface area contributed by atoms with Gasteiger partial charge in [-0.15, -0.1) is 5.10 Å². The van der Waals surface area contributed by atoms with Gasteiger partial charge >= 0.3 is 18.4 Å². The van der Waals surface area contributed by atoms with Gasteiger partial charge in [-0.2, -0.15) is 22.2 Å². The van der Waals surface area contributed by atoms with Gasteiger partial charge in [0, 0.05) is 43.9 Å². The van der Waals surface area contributed by atoms with Crippen LogP contribution >= 0.6 is 0 Å². The monoisotopic (exact) mass is 797 g/mol. The van der Waals surface area contributed by atoms with Crippen molar-refractivity contribution >= 4 is 40.1 Å². The number of amides is 2. The highest BCUT2D eigenvalue weighted by molar-refractivity contribution is 6.01. The lowest BCUT2D eigenvalue weighted by molar-refractivity contribution is -0.131. The van der Waals surface area contributed by atoms with E-state index in [1.807, 2.05) is 13.8 Å². The molecule has 57 heavy (non-hydrogen) atoms. The molecular formula is C42H51F4N5O6. The summed E-state index contributed by atoms with van der Waals surface area (Å²) in [7, 11) is 0. The number of benzene rings is 2. The summed E-state index contributed by atoms with van der Waals surface area (Å²) in [5.41, 5.74) is -0.762. The molecule has 0 N–H and O–H groups in total. The first-order chi connectivity index (χ1) is 26.7. The zero-order valence-electron chi connectivity index (χ0n) is 33.7. The highest BCUT2D eigenvalue weighted by Gasteiger charge is 2.32. The summed E-state index contributed by atoms with van der Waals surface area (Å²) < 4.78 is 75.8. The molecule has 4 aromatic rings. The molecule has 0 spiro atoms. The molecule has 0 fully saturated rings. The number of hydrogen-bond acceptors (Lipinski definition) is 8. The SMILES string of the molecule is CCN(CC)C(=O)CCCN(CCOc1ccc(/C(=C(/CC(F)(F)F)c2ccccc2)c2ccc3c(c2)c(F)nn3C(=O)OC(C)(C)C)cn1)C(=O)OC(C)(C)C. The number of hydrogen-bond donors (Lipinski definition) is 0. The van der Waals surface area contributed by atoms with Crippen molar-refractivity contribution in [3.63, 3.8) is 0 Å². The van der Waals surface area contributed by atoms with E-state index >= 15 is 4.39 Å². The van der Waals surface area contributed by atoms with Gasteiger partial charge in [0.25, 0.3) is 0 Å². The molecule has 2 amide bonds. The molecule has 4 rings (SSSR count). The molecule has 0 saturated carbocycles. The van der Waals surface area contributed by atoms with E-state index in [2.05, 4.69) is 10.1 Å². The first-order valence-corrected chi connectivity index (χ1v) is 18.8. The van der Waals surface area contributed by atoms with Gasteiger partial charge in [0.15, 0.2) is 0 Å². The third-order valence-electron chi connectivity index (χ3n) is 8.51. The second-order valence-corrected chi connectivity index (χ2v) is 15.3. The lowest BCUT2D eigenvalue weighted by atomic mass is 9.88. The predicted octanol–water partition coefficient (Wildman–Crippen LogP) is 9.53. The fraction of sp³-hybridized carbons (Fsp3) is 0.452. The van der Waals surface area contributed by atoms with Crippen molar-refractivity contribution in [2.24, 2.45) is 0 Å². The molecule has 2 heterocycles. The average Bonchev–Trinajstić information content (AvgIpc) is 3.46. The molecule has 2 aromatic carbocycles. The van der Waals surface area contributed by atoms with E-state index in [1.54, 1.807) is 82.8 Å². The maximum Gasteiger partial charge on any atom is 0.435 e. The zero-order valence-corrected chi connectivity index (χ0v) is 33.7. The van der Waals surface area contributed by atoms with Crippen molar-refractivity contribution in [1.82, 2.24) is 24.6 Å². The van der Waals surface area contributed by atoms with Crippen LogP contribution in [0.25, 0.3) is 22.0 Å². The number of alkyl halides is 3. The van der Waals surface area contributed by atoms with Gasteiger partial charge in [0.05, 0.1) is 23.9 Å². The van der Waals surface area contributed by atoms with Crippen molar-refractivity contribution in [3.8, 4) is 5.88 Å². The zero-order chi connectivity index (χ0) is 42.1. The molecule has 0 aliphatic heterocycles. The number of nitrogens with zero attached hydrogens (tertiary/aromatic N) is 5. The number of pyridine rings is 1. The van der Waals surface area contributed by atoms with Crippen molar-refractivity contribution < 1.29 is 46.2 Å². The van der Waals surface area contributed by atoms with Gasteiger partial charge in [-0.25, -0.2) is 14.6 Å². The first-order valence-electron chi connectivity index (χ1n) is 18.8. The minimum Gasteiger partial charge on any atom is -0.476 e. The topological polar surface area (TPSA) is 116 Å². The van der Waals surface area contributed by atoms with Crippen LogP contribution in [0.4, 0.5) is 27.2 Å². The van der Waals surface area contributed by atoms with Gasteiger partial charge in [-0.05, 0) is 102 Å². The van der Waals surface area contributed by atoms with Crippen molar-refractivity contribution in [2.75, 3.05) is 32.8 Å². The summed E-state index contributed by atoms with van der Waals surface area (Å²) in [6.07, 6.45) is -5.39. The summed E-state index contributed by atoms with van der Waals surface area (Å²) in [5.74, 6) is -0.882. The van der Waals surface area contributed by atoms with Crippen LogP contribution in [-0.2, 0) is 14.3 Å². The molecule has 11 nitrogen and oxygen atoms in total. The van der Waals surface area contributed by atoms with E-state index in [9.17, 15) is 27.6 Å². The Kier molecular flexibility index (Phi) is 14.5. The fourth-order valence-electron chi connectivity index (χ4n) is 6.02. The second kappa shape index (κ2) is 18.6. The van der Waals surface area contributed by atoms with Crippen LogP contribution in [0, 0.1) is 5.95 Å². The third-order valence-corrected chi connectivity index (χ3v) is 8.51. The van der Waals surface area contributed by atoms with E-state index in [0.717, 1.165) is 4.68 Å². The molecule has 2 aromatic heterocycles. The maximum absolute atomic E-state index is 15.4. The summed E-state index contributed by atoms with van der Waals surface area (Å²) in [6, 6.07) is 15.3. The quantitative estimate of drug-likeness (QED) is 0.0916. The summed E-state index contributed by atoms with van der Waals surface area (Å²) in [6.45, 7) is 15.5. The molecule has 0 aliphatic carbocycles. The molecule has 0 radical (unpaired) electrons. The number of allylic oxidation sites excluding steroid dienone is 1. The Hall–Kier alpha value is -5.47. The Bertz CT molecular complexity index is 2030. The second-order valence-electron chi connectivity index (χ2n) is 15.3. The smallest absolute Gasteiger partial charge is 0.435 e. The molecule has 0 unspecified atom stereocenters. The van der Waals surface area contributed by atoms with Crippen LogP contribution in [0.1, 0.15) is 91.3 Å². The average molecular weight is 798 g/mol. The molecule has 0 aliphatic rings. The van der Waals surface area contributed by atoms with Crippen molar-refractivity contribution in [2.45, 2.75) is 92.0 Å². The van der Waals surface area contributed by atoms with E-state index in [-0.39, 0.29) is 76.6 Å². The fourth-order valence-corrected chi connectivity index (χ4v) is 6.02. The van der Waals surface area contributed by atoms with Gasteiger partial charge in [0.2, 0.25) is 17.7 Å². The van der Waals surface area contributed by atoms with Gasteiger partial charge in [-0.3, -0.25) is 4.79 Å². The number of aromatic nitrogens is 3. The number of carbonyl (C=O) groups excluding carboxylic acids is 3. The minimum atomic E-state index is -4.62. The van der Waals surface area contributed by atoms with Crippen LogP contribution < -0.4 is 4.74 Å². The standard InChI is InChI=1S/C42H51F4N5O6/c1-9-49(10-2)35(52)17-14-22-50(38(53)56-40(3,4)5)23-24-55-34-21-19-30(27-47-34)36(32(26-42(44,45)46)28-15-12-11-13-16-28)29-18-20-33-31(25-29)37(43)48-51(33)39(54)57-41(6,7)8/h11-13,15-16,18-21,25,27H,9-10,14,17,22-24,26H2,1-8H3/b36-32-. The Morgan fingerprint density at radius 3 is 2.02 bits per heavy atom. The van der Waals surface area contributed by atoms with Crippen molar-refractivity contribution in [3.05, 3.63) is 89.5 Å². The van der Waals surface area contributed by atoms with E-state index in [4.69, 9.17) is 14.2 Å². The summed E-state index contributed by atoms with van der Waals surface area (Å²) >= 11 is 0. The normalized spacial score (nSPS) is 12.6. The van der Waals surface area contributed by atoms with Crippen LogP contribution in [0.3, 0.4) is 0 Å². The third kappa shape index (κ3) is 12.8. The van der Waals surface area contributed by atoms with Crippen molar-refractivity contribution in [1.29, 1.82) is 0 Å². The Morgan fingerprint density at radius 2 is 1.44 bits per heavy atom. The summed E-state index contributed by atoms with van der Waals surface area (Å²) in [4.78, 5) is 46.0. The van der Waals surface area contributed by atoms with Crippen LogP contribution in [0.2, 0.25) is 0 Å². The maximum atomic E-state index is 15.4. The number of fused-ring (bicyclic) bond motifs is 1. The van der Waals surface area contributed by atoms with Crippen LogP contribution in [-0.4, -0.2) is 92.8 Å². The number of rotatable bonds is 14. The Morgan fingerprint density at radius 1 is 0.789 bits per heavy atom. The Labute approximate surface area is 330 Å². The van der Waals surface area contributed by atoms with Gasteiger partial charge in [0.1, 0.15) is 17.8 Å². The molecular weight excluding hydrogens is 746 g/mol. The Balaban J connectivity index is 1.67. The lowest BCUT2D eigenvalue weighted by Gasteiger charge is -2.27. The molecule has 0 bridgehead atoms. The molecule has 0 atom stereocenters.